The van der Waals surface area contributed by atoms with Gasteiger partial charge < -0.3 is 0 Å². The van der Waals surface area contributed by atoms with Crippen LogP contribution in [0.3, 0.4) is 0 Å². The van der Waals surface area contributed by atoms with Gasteiger partial charge in [-0.25, -0.2) is 0 Å². The summed E-state index contributed by atoms with van der Waals surface area (Å²) in [6, 6.07) is 0. The number of hydrogen-bond donors (Lipinski definition) is 0. The molecular weight excluding hydrogens is 319 g/mol. The maximum absolute atomic E-state index is 6.17. The van der Waals surface area contributed by atoms with E-state index in [9.17, 15) is 0 Å². The average molecular weight is 347 g/mol. The van der Waals surface area contributed by atoms with Crippen LogP contribution in [0.1, 0.15) is 40.5 Å². The summed E-state index contributed by atoms with van der Waals surface area (Å²) in [6.07, 6.45) is 2.08. The van der Waals surface area contributed by atoms with Crippen molar-refractivity contribution in [3.05, 3.63) is 24.3 Å². The molecule has 0 saturated heterocycles. The van der Waals surface area contributed by atoms with Crippen LogP contribution in [0, 0.1) is 0 Å². The van der Waals surface area contributed by atoms with E-state index in [1.165, 1.54) is 11.1 Å². The van der Waals surface area contributed by atoms with Crippen LogP contribution in [0.4, 0.5) is 0 Å². The zero-order valence-corrected chi connectivity index (χ0v) is 14.8. The third kappa shape index (κ3) is 8.00. The van der Waals surface area contributed by atoms with Crippen LogP contribution < -0.4 is 0 Å². The first-order valence-electron chi connectivity index (χ1n) is 6.52. The Bertz CT molecular complexity index is 223. The molecule has 0 N–H and O–H groups in total. The molecule has 100 valence electrons. The van der Waals surface area contributed by atoms with Gasteiger partial charge in [-0.3, -0.25) is 0 Å². The summed E-state index contributed by atoms with van der Waals surface area (Å²) in [7, 11) is 0. The van der Waals surface area contributed by atoms with E-state index in [1.54, 1.807) is 0 Å². The molecule has 0 aliphatic heterocycles. The van der Waals surface area contributed by atoms with E-state index in [0.29, 0.717) is 0 Å². The van der Waals surface area contributed by atoms with Gasteiger partial charge in [0.2, 0.25) is 0 Å². The third-order valence-corrected chi connectivity index (χ3v) is 13.0. The van der Waals surface area contributed by atoms with Crippen molar-refractivity contribution in [3.8, 4) is 0 Å². The summed E-state index contributed by atoms with van der Waals surface area (Å²) in [6.45, 7) is 18.1. The molecule has 0 unspecified atom stereocenters. The molecule has 17 heavy (non-hydrogen) atoms. The second-order valence-electron chi connectivity index (χ2n) is 4.88. The van der Waals surface area contributed by atoms with Crippen molar-refractivity contribution in [1.29, 1.82) is 0 Å². The van der Waals surface area contributed by atoms with Gasteiger partial charge in [-0.2, -0.15) is 0 Å². The van der Waals surface area contributed by atoms with Gasteiger partial charge in [-0.1, -0.05) is 0 Å². The predicted molar refractivity (Wildman–Crippen MR) is 77.5 cm³/mol. The quantitative estimate of drug-likeness (QED) is 0.430. The molecule has 0 rings (SSSR count). The first-order valence-corrected chi connectivity index (χ1v) is 12.9. The molecule has 0 aliphatic carbocycles. The van der Waals surface area contributed by atoms with Gasteiger partial charge in [-0.05, 0) is 0 Å². The minimum atomic E-state index is -2.99. The van der Waals surface area contributed by atoms with Crippen LogP contribution in [-0.2, 0) is 6.15 Å². The molecule has 0 aromatic heterocycles. The Morgan fingerprint density at radius 2 is 1.24 bits per heavy atom. The fourth-order valence-electron chi connectivity index (χ4n) is 1.80. The van der Waals surface area contributed by atoms with Crippen LogP contribution in [0.15, 0.2) is 24.3 Å². The SMILES string of the molecule is C=C(C)[CH2][Sn]([CH2]C(=C)C)([O]CCC)[O]CCC. The standard InChI is InChI=1S/2C4H7.2C3H7O.Sn/c2*1-4(2)3;2*1-2-3-4;/h2*1-2H2,3H3;2*2-3H2,1H3;/q;;2*-1;+2. The molecule has 0 fully saturated rings. The van der Waals surface area contributed by atoms with Gasteiger partial charge >= 0.3 is 112 Å². The molecule has 0 atom stereocenters. The van der Waals surface area contributed by atoms with E-state index in [1.807, 2.05) is 0 Å². The zero-order valence-electron chi connectivity index (χ0n) is 12.0. The summed E-state index contributed by atoms with van der Waals surface area (Å²) < 4.78 is 14.2. The van der Waals surface area contributed by atoms with Crippen LogP contribution in [0.2, 0.25) is 8.87 Å². The molecule has 0 aromatic carbocycles. The van der Waals surface area contributed by atoms with Crippen LogP contribution in [0.25, 0.3) is 0 Å². The molecule has 0 bridgehead atoms. The van der Waals surface area contributed by atoms with Crippen LogP contribution in [0.5, 0.6) is 0 Å². The Labute approximate surface area is 112 Å². The third-order valence-electron chi connectivity index (χ3n) is 2.28. The Balaban J connectivity index is 4.75. The van der Waals surface area contributed by atoms with Gasteiger partial charge in [0.15, 0.2) is 0 Å². The molecule has 0 aliphatic rings. The Morgan fingerprint density at radius 3 is 1.47 bits per heavy atom. The van der Waals surface area contributed by atoms with Crippen molar-refractivity contribution in [2.75, 3.05) is 13.2 Å². The van der Waals surface area contributed by atoms with Gasteiger partial charge in [0.25, 0.3) is 0 Å². The maximum atomic E-state index is 6.17. The normalized spacial score (nSPS) is 11.5. The molecule has 0 radical (unpaired) electrons. The van der Waals surface area contributed by atoms with Crippen LogP contribution in [-0.4, -0.2) is 32.4 Å². The predicted octanol–water partition coefficient (Wildman–Crippen LogP) is 4.43. The Kier molecular flexibility index (Phi) is 9.28. The van der Waals surface area contributed by atoms with E-state index in [2.05, 4.69) is 40.9 Å². The Hall–Kier alpha value is 0.199. The van der Waals surface area contributed by atoms with E-state index < -0.39 is 19.2 Å². The summed E-state index contributed by atoms with van der Waals surface area (Å²) in [5, 5.41) is 0. The second-order valence-corrected chi connectivity index (χ2v) is 13.7. The topological polar surface area (TPSA) is 18.5 Å². The van der Waals surface area contributed by atoms with Crippen molar-refractivity contribution in [3.63, 3.8) is 0 Å². The molecule has 0 saturated carbocycles. The van der Waals surface area contributed by atoms with E-state index in [4.69, 9.17) is 6.15 Å². The van der Waals surface area contributed by atoms with Crippen molar-refractivity contribution in [2.45, 2.75) is 49.4 Å². The number of rotatable bonds is 10. The minimum absolute atomic E-state index is 0.806. The molecule has 0 amide bonds. The van der Waals surface area contributed by atoms with E-state index in [0.717, 1.165) is 34.9 Å². The van der Waals surface area contributed by atoms with Gasteiger partial charge in [0, 0.05) is 0 Å². The van der Waals surface area contributed by atoms with Crippen LogP contribution >= 0.6 is 0 Å². The van der Waals surface area contributed by atoms with Crippen molar-refractivity contribution in [1.82, 2.24) is 0 Å². The molecule has 2 nitrogen and oxygen atoms in total. The second kappa shape index (κ2) is 9.17. The number of hydrogen-bond acceptors (Lipinski definition) is 2. The zero-order chi connectivity index (χ0) is 13.3. The summed E-state index contributed by atoms with van der Waals surface area (Å²) in [5.74, 6) is 0. The van der Waals surface area contributed by atoms with E-state index >= 15 is 0 Å². The summed E-state index contributed by atoms with van der Waals surface area (Å²) >= 11 is -2.99. The van der Waals surface area contributed by atoms with Crippen molar-refractivity contribution >= 4 is 19.2 Å². The molecule has 0 spiro atoms. The summed E-state index contributed by atoms with van der Waals surface area (Å²) in [4.78, 5) is 0. The average Bonchev–Trinajstić information content (AvgIpc) is 2.22. The van der Waals surface area contributed by atoms with Gasteiger partial charge in [-0.15, -0.1) is 0 Å². The van der Waals surface area contributed by atoms with Crippen molar-refractivity contribution < 1.29 is 6.15 Å². The van der Waals surface area contributed by atoms with E-state index in [-0.39, 0.29) is 0 Å². The van der Waals surface area contributed by atoms with Gasteiger partial charge in [0.1, 0.15) is 0 Å². The molecular formula is C14H28O2Sn. The first-order chi connectivity index (χ1) is 7.95. The number of allylic oxidation sites excluding steroid dienone is 2. The monoisotopic (exact) mass is 348 g/mol. The fourth-order valence-corrected chi connectivity index (χ4v) is 12.1. The van der Waals surface area contributed by atoms with Crippen molar-refractivity contribution in [2.24, 2.45) is 0 Å². The molecule has 0 heterocycles. The first kappa shape index (κ1) is 17.2. The molecule has 0 aromatic rings. The molecule has 3 heteroatoms. The van der Waals surface area contributed by atoms with Gasteiger partial charge in [0.05, 0.1) is 0 Å². The summed E-state index contributed by atoms with van der Waals surface area (Å²) in [5.41, 5.74) is 2.35. The fraction of sp³-hybridized carbons (Fsp3) is 0.714. The Morgan fingerprint density at radius 1 is 0.882 bits per heavy atom.